The zero-order valence-electron chi connectivity index (χ0n) is 11.2. The first-order valence-corrected chi connectivity index (χ1v) is 6.59. The predicted octanol–water partition coefficient (Wildman–Crippen LogP) is 1.88. The highest BCUT2D eigenvalue weighted by atomic mass is 16.5. The maximum Gasteiger partial charge on any atom is 0.317 e. The van der Waals surface area contributed by atoms with Crippen LogP contribution in [-0.4, -0.2) is 44.3 Å². The van der Waals surface area contributed by atoms with Crippen LogP contribution in [0.2, 0.25) is 0 Å². The molecule has 1 saturated heterocycles. The summed E-state index contributed by atoms with van der Waals surface area (Å²) in [5, 5.41) is 2.85. The van der Waals surface area contributed by atoms with Crippen LogP contribution in [0.3, 0.4) is 0 Å². The molecule has 0 spiro atoms. The number of nitrogens with one attached hydrogen (secondary N) is 1. The largest absolute Gasteiger partial charge is 0.497 e. The van der Waals surface area contributed by atoms with Crippen molar-refractivity contribution >= 4 is 6.03 Å². The Morgan fingerprint density at radius 1 is 1.21 bits per heavy atom. The van der Waals surface area contributed by atoms with Gasteiger partial charge in [-0.1, -0.05) is 0 Å². The van der Waals surface area contributed by atoms with E-state index in [9.17, 15) is 4.79 Å². The van der Waals surface area contributed by atoms with E-state index in [4.69, 9.17) is 9.47 Å². The number of ether oxygens (including phenoxy) is 2. The molecule has 0 aliphatic carbocycles. The van der Waals surface area contributed by atoms with Crippen molar-refractivity contribution in [2.75, 3.05) is 33.4 Å². The molecule has 1 heterocycles. The molecular weight excluding hydrogens is 244 g/mol. The minimum absolute atomic E-state index is 0.0100. The van der Waals surface area contributed by atoms with Gasteiger partial charge in [-0.25, -0.2) is 4.79 Å². The highest BCUT2D eigenvalue weighted by molar-refractivity contribution is 5.74. The first-order valence-electron chi connectivity index (χ1n) is 6.59. The standard InChI is InChI=1S/C14H20N2O3/c1-18-12-4-6-13(7-5-12)19-11-8-15-14(17)16-9-2-3-10-16/h4-7H,2-3,8-11H2,1H3,(H,15,17). The summed E-state index contributed by atoms with van der Waals surface area (Å²) in [6, 6.07) is 7.40. The first kappa shape index (κ1) is 13.5. The van der Waals surface area contributed by atoms with E-state index in [1.807, 2.05) is 29.2 Å². The molecule has 1 aromatic carbocycles. The highest BCUT2D eigenvalue weighted by Gasteiger charge is 2.16. The fourth-order valence-corrected chi connectivity index (χ4v) is 2.03. The minimum Gasteiger partial charge on any atom is -0.497 e. The van der Waals surface area contributed by atoms with Crippen LogP contribution < -0.4 is 14.8 Å². The third-order valence-corrected chi connectivity index (χ3v) is 3.10. The van der Waals surface area contributed by atoms with Crippen molar-refractivity contribution in [3.8, 4) is 11.5 Å². The van der Waals surface area contributed by atoms with Crippen molar-refractivity contribution in [2.45, 2.75) is 12.8 Å². The van der Waals surface area contributed by atoms with Crippen molar-refractivity contribution in [1.29, 1.82) is 0 Å². The van der Waals surface area contributed by atoms with Gasteiger partial charge >= 0.3 is 6.03 Å². The van der Waals surface area contributed by atoms with Crippen molar-refractivity contribution < 1.29 is 14.3 Å². The molecule has 1 aromatic rings. The predicted molar refractivity (Wildman–Crippen MR) is 72.7 cm³/mol. The van der Waals surface area contributed by atoms with Crippen molar-refractivity contribution in [2.24, 2.45) is 0 Å². The number of carbonyl (C=O) groups excluding carboxylic acids is 1. The average molecular weight is 264 g/mol. The second kappa shape index (κ2) is 6.87. The Bertz CT molecular complexity index is 400. The Hall–Kier alpha value is -1.91. The maximum atomic E-state index is 11.7. The normalized spacial score (nSPS) is 14.3. The Morgan fingerprint density at radius 3 is 2.47 bits per heavy atom. The Kier molecular flexibility index (Phi) is 4.89. The van der Waals surface area contributed by atoms with Gasteiger partial charge in [-0.3, -0.25) is 0 Å². The summed E-state index contributed by atoms with van der Waals surface area (Å²) >= 11 is 0. The molecule has 0 aromatic heterocycles. The molecule has 1 aliphatic rings. The lowest BCUT2D eigenvalue weighted by molar-refractivity contribution is 0.205. The zero-order chi connectivity index (χ0) is 13.5. The quantitative estimate of drug-likeness (QED) is 0.826. The van der Waals surface area contributed by atoms with E-state index in [1.54, 1.807) is 7.11 Å². The molecule has 1 fully saturated rings. The smallest absolute Gasteiger partial charge is 0.317 e. The van der Waals surface area contributed by atoms with Crippen molar-refractivity contribution in [3.05, 3.63) is 24.3 Å². The summed E-state index contributed by atoms with van der Waals surface area (Å²) in [6.07, 6.45) is 2.21. The lowest BCUT2D eigenvalue weighted by Gasteiger charge is -2.16. The van der Waals surface area contributed by atoms with Crippen LogP contribution in [-0.2, 0) is 0 Å². The lowest BCUT2D eigenvalue weighted by atomic mass is 10.3. The Balaban J connectivity index is 1.64. The average Bonchev–Trinajstić information content (AvgIpc) is 2.98. The SMILES string of the molecule is COc1ccc(OCCNC(=O)N2CCCC2)cc1. The van der Waals surface area contributed by atoms with Crippen LogP contribution in [0.25, 0.3) is 0 Å². The second-order valence-corrected chi connectivity index (χ2v) is 4.45. The van der Waals surface area contributed by atoms with Gasteiger partial charge in [0.25, 0.3) is 0 Å². The Morgan fingerprint density at radius 2 is 1.84 bits per heavy atom. The van der Waals surface area contributed by atoms with Crippen LogP contribution in [0.1, 0.15) is 12.8 Å². The summed E-state index contributed by atoms with van der Waals surface area (Å²) in [7, 11) is 1.63. The topological polar surface area (TPSA) is 50.8 Å². The molecule has 0 bridgehead atoms. The van der Waals surface area contributed by atoms with E-state index in [1.165, 1.54) is 0 Å². The van der Waals surface area contributed by atoms with Crippen molar-refractivity contribution in [3.63, 3.8) is 0 Å². The van der Waals surface area contributed by atoms with Gasteiger partial charge in [-0.2, -0.15) is 0 Å². The van der Waals surface area contributed by atoms with Crippen LogP contribution in [0.15, 0.2) is 24.3 Å². The highest BCUT2D eigenvalue weighted by Crippen LogP contribution is 2.16. The van der Waals surface area contributed by atoms with Crippen LogP contribution >= 0.6 is 0 Å². The maximum absolute atomic E-state index is 11.7. The molecule has 5 nitrogen and oxygen atoms in total. The molecule has 2 amide bonds. The number of urea groups is 1. The molecule has 0 radical (unpaired) electrons. The van der Waals surface area contributed by atoms with Gasteiger partial charge in [-0.05, 0) is 37.1 Å². The molecular formula is C14H20N2O3. The summed E-state index contributed by atoms with van der Waals surface area (Å²) in [5.74, 6) is 1.57. The molecule has 1 N–H and O–H groups in total. The number of methoxy groups -OCH3 is 1. The third-order valence-electron chi connectivity index (χ3n) is 3.10. The molecule has 19 heavy (non-hydrogen) atoms. The van der Waals surface area contributed by atoms with Gasteiger partial charge in [0.2, 0.25) is 0 Å². The van der Waals surface area contributed by atoms with E-state index in [0.717, 1.165) is 37.4 Å². The van der Waals surface area contributed by atoms with Crippen LogP contribution in [0.4, 0.5) is 4.79 Å². The summed E-state index contributed by atoms with van der Waals surface area (Å²) in [5.41, 5.74) is 0. The van der Waals surface area contributed by atoms with E-state index in [2.05, 4.69) is 5.32 Å². The number of likely N-dealkylation sites (tertiary alicyclic amines) is 1. The second-order valence-electron chi connectivity index (χ2n) is 4.45. The number of rotatable bonds is 5. The molecule has 104 valence electrons. The Labute approximate surface area is 113 Å². The summed E-state index contributed by atoms with van der Waals surface area (Å²) in [6.45, 7) is 2.71. The van der Waals surface area contributed by atoms with E-state index >= 15 is 0 Å². The first-order chi connectivity index (χ1) is 9.29. The number of benzene rings is 1. The number of amides is 2. The zero-order valence-corrected chi connectivity index (χ0v) is 11.2. The van der Waals surface area contributed by atoms with E-state index < -0.39 is 0 Å². The molecule has 0 saturated carbocycles. The third kappa shape index (κ3) is 4.05. The molecule has 5 heteroatoms. The summed E-state index contributed by atoms with van der Waals surface area (Å²) < 4.78 is 10.6. The van der Waals surface area contributed by atoms with Gasteiger partial charge < -0.3 is 19.7 Å². The van der Waals surface area contributed by atoms with Gasteiger partial charge in [-0.15, -0.1) is 0 Å². The monoisotopic (exact) mass is 264 g/mol. The number of hydrogen-bond acceptors (Lipinski definition) is 3. The van der Waals surface area contributed by atoms with Gasteiger partial charge in [0.1, 0.15) is 18.1 Å². The van der Waals surface area contributed by atoms with E-state index in [0.29, 0.717) is 13.2 Å². The molecule has 0 unspecified atom stereocenters. The summed E-state index contributed by atoms with van der Waals surface area (Å²) in [4.78, 5) is 13.5. The number of nitrogens with zero attached hydrogens (tertiary/aromatic N) is 1. The lowest BCUT2D eigenvalue weighted by Crippen LogP contribution is -2.39. The van der Waals surface area contributed by atoms with Gasteiger partial charge in [0.15, 0.2) is 0 Å². The van der Waals surface area contributed by atoms with Gasteiger partial charge in [0, 0.05) is 13.1 Å². The van der Waals surface area contributed by atoms with Crippen LogP contribution in [0.5, 0.6) is 11.5 Å². The van der Waals surface area contributed by atoms with Crippen LogP contribution in [0, 0.1) is 0 Å². The molecule has 0 atom stereocenters. The molecule has 2 rings (SSSR count). The minimum atomic E-state index is 0.0100. The number of hydrogen-bond donors (Lipinski definition) is 1. The fraction of sp³-hybridized carbons (Fsp3) is 0.500. The molecule has 1 aliphatic heterocycles. The van der Waals surface area contributed by atoms with E-state index in [-0.39, 0.29) is 6.03 Å². The van der Waals surface area contributed by atoms with Crippen molar-refractivity contribution in [1.82, 2.24) is 10.2 Å². The number of carbonyl (C=O) groups is 1. The fourth-order valence-electron chi connectivity index (χ4n) is 2.03. The van der Waals surface area contributed by atoms with Gasteiger partial charge in [0.05, 0.1) is 13.7 Å².